The van der Waals surface area contributed by atoms with Crippen molar-refractivity contribution in [1.29, 1.82) is 0 Å². The minimum Gasteiger partial charge on any atom is -0.507 e. The first-order valence-corrected chi connectivity index (χ1v) is 18.8. The lowest BCUT2D eigenvalue weighted by atomic mass is 9.93. The molecule has 1 saturated heterocycles. The van der Waals surface area contributed by atoms with Gasteiger partial charge >= 0.3 is 0 Å². The number of phenolic OH excluding ortho intramolecular Hbond substituents is 3. The van der Waals surface area contributed by atoms with E-state index in [-0.39, 0.29) is 0 Å². The molecule has 0 bridgehead atoms. The smallest absolute Gasteiger partial charge is 0.126 e. The molecule has 0 aromatic heterocycles. The molecular weight excluding hydrogens is 667 g/mol. The quantitative estimate of drug-likeness (QED) is 0.138. The van der Waals surface area contributed by atoms with Gasteiger partial charge in [-0.15, -0.1) is 0 Å². The number of phenols is 3. The van der Waals surface area contributed by atoms with Crippen molar-refractivity contribution >= 4 is 0 Å². The number of benzene rings is 6. The second kappa shape index (κ2) is 15.5. The average molecular weight is 718 g/mol. The average Bonchev–Trinajstić information content (AvgIpc) is 3.19. The van der Waals surface area contributed by atoms with E-state index < -0.39 is 0 Å². The number of nitrogens with zero attached hydrogens (tertiary/aromatic N) is 3. The van der Waals surface area contributed by atoms with Gasteiger partial charge in [-0.25, -0.2) is 0 Å². The van der Waals surface area contributed by atoms with Crippen LogP contribution < -0.4 is 0 Å². The highest BCUT2D eigenvalue weighted by atomic mass is 16.3. The van der Waals surface area contributed by atoms with Crippen LogP contribution in [0.15, 0.2) is 109 Å². The summed E-state index contributed by atoms with van der Waals surface area (Å²) in [6, 6.07) is 36.5. The molecule has 1 aliphatic rings. The van der Waals surface area contributed by atoms with Gasteiger partial charge in [-0.3, -0.25) is 14.7 Å². The number of aromatic hydroxyl groups is 3. The lowest BCUT2D eigenvalue weighted by molar-refractivity contribution is -0.0426. The van der Waals surface area contributed by atoms with E-state index in [9.17, 15) is 15.3 Å². The largest absolute Gasteiger partial charge is 0.507 e. The molecule has 0 saturated carbocycles. The molecule has 0 atom stereocenters. The number of hydrogen-bond donors (Lipinski definition) is 3. The van der Waals surface area contributed by atoms with Crippen molar-refractivity contribution in [1.82, 2.24) is 14.7 Å². The molecule has 54 heavy (non-hydrogen) atoms. The molecule has 0 spiro atoms. The second-order valence-corrected chi connectivity index (χ2v) is 15.1. The van der Waals surface area contributed by atoms with Crippen molar-refractivity contribution in [3.63, 3.8) is 0 Å². The summed E-state index contributed by atoms with van der Waals surface area (Å²) in [5.41, 5.74) is 15.1. The Labute approximate surface area is 320 Å². The van der Waals surface area contributed by atoms with Crippen LogP contribution in [0.25, 0.3) is 33.4 Å². The third-order valence-corrected chi connectivity index (χ3v) is 11.3. The van der Waals surface area contributed by atoms with Crippen LogP contribution in [0, 0.1) is 41.5 Å². The van der Waals surface area contributed by atoms with E-state index >= 15 is 0 Å². The maximum atomic E-state index is 11.5. The molecule has 0 radical (unpaired) electrons. The summed E-state index contributed by atoms with van der Waals surface area (Å²) in [4.78, 5) is 7.31. The van der Waals surface area contributed by atoms with Gasteiger partial charge in [0, 0.05) is 36.3 Å². The molecule has 6 heteroatoms. The van der Waals surface area contributed by atoms with E-state index in [1.165, 1.54) is 0 Å². The molecule has 276 valence electrons. The first-order valence-electron chi connectivity index (χ1n) is 18.8. The maximum absolute atomic E-state index is 11.5. The Morgan fingerprint density at radius 1 is 0.389 bits per heavy atom. The first kappa shape index (κ1) is 36.9. The standard InChI is InChI=1S/C48H51N3O3/c1-31-22-40(37-16-10-7-11-17-37)46(52)34(4)43(31)25-49-28-50(26-44-32(2)23-41(47(53)35(44)5)38-18-12-8-13-19-38)30-51(29-49)27-45-33(3)24-42(48(54)36(45)6)39-20-14-9-15-21-39/h7-24,52-54H,25-30H2,1-6H3. The van der Waals surface area contributed by atoms with Gasteiger partial charge in [-0.1, -0.05) is 91.0 Å². The van der Waals surface area contributed by atoms with Crippen LogP contribution in [0.4, 0.5) is 0 Å². The zero-order valence-corrected chi connectivity index (χ0v) is 32.3. The van der Waals surface area contributed by atoms with E-state index in [1.54, 1.807) is 0 Å². The van der Waals surface area contributed by atoms with Gasteiger partial charge < -0.3 is 15.3 Å². The molecule has 3 N–H and O–H groups in total. The molecule has 7 rings (SSSR count). The molecule has 1 aliphatic heterocycles. The lowest BCUT2D eigenvalue weighted by Gasteiger charge is -2.43. The Kier molecular flexibility index (Phi) is 10.6. The minimum absolute atomic E-state index is 0.327. The third kappa shape index (κ3) is 7.38. The van der Waals surface area contributed by atoms with E-state index in [2.05, 4.69) is 53.7 Å². The molecule has 1 fully saturated rings. The van der Waals surface area contributed by atoms with Gasteiger partial charge in [0.15, 0.2) is 0 Å². The fourth-order valence-corrected chi connectivity index (χ4v) is 8.23. The molecule has 6 nitrogen and oxygen atoms in total. The van der Waals surface area contributed by atoms with Crippen molar-refractivity contribution in [3.8, 4) is 50.6 Å². The topological polar surface area (TPSA) is 70.4 Å². The molecule has 0 aliphatic carbocycles. The Hall–Kier alpha value is -5.40. The van der Waals surface area contributed by atoms with Gasteiger partial charge in [0.25, 0.3) is 0 Å². The predicted molar refractivity (Wildman–Crippen MR) is 220 cm³/mol. The fourth-order valence-electron chi connectivity index (χ4n) is 8.23. The van der Waals surface area contributed by atoms with Gasteiger partial charge in [0.2, 0.25) is 0 Å². The first-order chi connectivity index (χ1) is 26.0. The normalized spacial score (nSPS) is 14.1. The van der Waals surface area contributed by atoms with Crippen LogP contribution in [-0.2, 0) is 19.6 Å². The Bertz CT molecular complexity index is 2020. The Balaban J connectivity index is 1.22. The van der Waals surface area contributed by atoms with Gasteiger partial charge in [-0.05, 0) is 127 Å². The van der Waals surface area contributed by atoms with E-state index in [4.69, 9.17) is 0 Å². The Morgan fingerprint density at radius 2 is 0.630 bits per heavy atom. The zero-order chi connectivity index (χ0) is 38.1. The third-order valence-electron chi connectivity index (χ3n) is 11.3. The Morgan fingerprint density at radius 3 is 0.870 bits per heavy atom. The monoisotopic (exact) mass is 717 g/mol. The van der Waals surface area contributed by atoms with E-state index in [1.807, 2.05) is 112 Å². The van der Waals surface area contributed by atoms with E-state index in [0.717, 1.165) is 83.5 Å². The number of aryl methyl sites for hydroxylation is 3. The lowest BCUT2D eigenvalue weighted by Crippen LogP contribution is -2.54. The molecule has 0 amide bonds. The highest BCUT2D eigenvalue weighted by molar-refractivity contribution is 5.76. The summed E-state index contributed by atoms with van der Waals surface area (Å²) < 4.78 is 0. The van der Waals surface area contributed by atoms with Gasteiger partial charge in [-0.2, -0.15) is 0 Å². The van der Waals surface area contributed by atoms with Gasteiger partial charge in [0.05, 0.1) is 20.0 Å². The second-order valence-electron chi connectivity index (χ2n) is 15.1. The minimum atomic E-state index is 0.327. The van der Waals surface area contributed by atoms with Crippen molar-refractivity contribution in [2.24, 2.45) is 0 Å². The summed E-state index contributed by atoms with van der Waals surface area (Å²) in [5, 5.41) is 34.4. The summed E-state index contributed by atoms with van der Waals surface area (Å²) in [5.74, 6) is 0.981. The van der Waals surface area contributed by atoms with Crippen molar-refractivity contribution in [2.75, 3.05) is 20.0 Å². The fraction of sp³-hybridized carbons (Fsp3) is 0.250. The van der Waals surface area contributed by atoms with Gasteiger partial charge in [0.1, 0.15) is 17.2 Å². The van der Waals surface area contributed by atoms with Crippen LogP contribution in [0.3, 0.4) is 0 Å². The molecule has 6 aromatic carbocycles. The number of rotatable bonds is 9. The van der Waals surface area contributed by atoms with Crippen molar-refractivity contribution in [3.05, 3.63) is 159 Å². The van der Waals surface area contributed by atoms with Crippen LogP contribution in [0.2, 0.25) is 0 Å². The summed E-state index contributed by atoms with van der Waals surface area (Å²) in [6.45, 7) is 16.6. The highest BCUT2D eigenvalue weighted by Gasteiger charge is 2.28. The number of hydrogen-bond acceptors (Lipinski definition) is 6. The van der Waals surface area contributed by atoms with Crippen molar-refractivity contribution in [2.45, 2.75) is 61.2 Å². The highest BCUT2D eigenvalue weighted by Crippen LogP contribution is 2.40. The SMILES string of the molecule is Cc1cc(-c2ccccc2)c(O)c(C)c1CN1CN(Cc2c(C)cc(-c3ccccc3)c(O)c2C)CN(Cc2c(C)cc(-c3ccccc3)c(O)c2C)C1. The molecular formula is C48H51N3O3. The molecule has 1 heterocycles. The van der Waals surface area contributed by atoms with E-state index in [0.29, 0.717) is 56.9 Å². The van der Waals surface area contributed by atoms with Crippen molar-refractivity contribution < 1.29 is 15.3 Å². The predicted octanol–water partition coefficient (Wildman–Crippen LogP) is 10.3. The van der Waals surface area contributed by atoms with Crippen LogP contribution in [-0.4, -0.2) is 50.0 Å². The molecule has 6 aromatic rings. The maximum Gasteiger partial charge on any atom is 0.126 e. The van der Waals surface area contributed by atoms with Crippen LogP contribution >= 0.6 is 0 Å². The zero-order valence-electron chi connectivity index (χ0n) is 32.3. The summed E-state index contributed by atoms with van der Waals surface area (Å²) >= 11 is 0. The summed E-state index contributed by atoms with van der Waals surface area (Å²) in [7, 11) is 0. The van der Waals surface area contributed by atoms with Crippen LogP contribution in [0.1, 0.15) is 50.1 Å². The summed E-state index contributed by atoms with van der Waals surface area (Å²) in [6.07, 6.45) is 0. The molecule has 0 unspecified atom stereocenters. The van der Waals surface area contributed by atoms with Crippen LogP contribution in [0.5, 0.6) is 17.2 Å².